The maximum Gasteiger partial charge on any atom is 0.309 e. The number of rotatable bonds is 4. The van der Waals surface area contributed by atoms with Crippen molar-refractivity contribution >= 4 is 11.6 Å². The highest BCUT2D eigenvalue weighted by Gasteiger charge is 2.19. The minimum absolute atomic E-state index is 0.0409. The Morgan fingerprint density at radius 2 is 2.19 bits per heavy atom. The number of imidazole rings is 1. The topological polar surface area (TPSA) is 67.1 Å². The first kappa shape index (κ1) is 14.0. The molecule has 0 aromatic carbocycles. The van der Waals surface area contributed by atoms with E-state index in [9.17, 15) is 4.79 Å². The average Bonchev–Trinajstić information content (AvgIpc) is 2.79. The first-order chi connectivity index (χ1) is 10.1. The molecule has 0 bridgehead atoms. The third-order valence-corrected chi connectivity index (χ3v) is 3.82. The summed E-state index contributed by atoms with van der Waals surface area (Å²) in [6, 6.07) is 3.96. The van der Waals surface area contributed by atoms with Gasteiger partial charge in [-0.3, -0.25) is 9.69 Å². The summed E-state index contributed by atoms with van der Waals surface area (Å²) in [5.41, 5.74) is 3.52. The summed E-state index contributed by atoms with van der Waals surface area (Å²) >= 11 is 0. The number of nitrogens with zero attached hydrogens (tertiary/aromatic N) is 3. The molecule has 0 radical (unpaired) electrons. The van der Waals surface area contributed by atoms with Crippen LogP contribution in [0.25, 0.3) is 5.65 Å². The van der Waals surface area contributed by atoms with Crippen LogP contribution in [-0.4, -0.2) is 51.7 Å². The number of fused-ring (bicyclic) bond motifs is 1. The van der Waals surface area contributed by atoms with Crippen LogP contribution in [0.15, 0.2) is 18.3 Å². The molecule has 0 spiro atoms. The molecule has 1 aliphatic heterocycles. The van der Waals surface area contributed by atoms with Gasteiger partial charge < -0.3 is 14.2 Å². The monoisotopic (exact) mass is 289 g/mol. The second-order valence-electron chi connectivity index (χ2n) is 5.35. The zero-order valence-corrected chi connectivity index (χ0v) is 12.1. The number of aryl methyl sites for hydroxylation is 1. The Bertz CT molecular complexity index is 659. The maximum atomic E-state index is 11.1. The van der Waals surface area contributed by atoms with Crippen molar-refractivity contribution in [1.82, 2.24) is 14.3 Å². The first-order valence-electron chi connectivity index (χ1n) is 7.12. The molecule has 6 nitrogen and oxygen atoms in total. The number of pyridine rings is 1. The van der Waals surface area contributed by atoms with E-state index < -0.39 is 5.97 Å². The van der Waals surface area contributed by atoms with E-state index in [1.54, 1.807) is 0 Å². The van der Waals surface area contributed by atoms with E-state index in [4.69, 9.17) is 9.84 Å². The lowest BCUT2D eigenvalue weighted by Crippen LogP contribution is -2.36. The number of ether oxygens (including phenoxy) is 1. The Labute approximate surface area is 123 Å². The van der Waals surface area contributed by atoms with E-state index in [-0.39, 0.29) is 6.42 Å². The van der Waals surface area contributed by atoms with Gasteiger partial charge in [0.1, 0.15) is 5.65 Å². The Balaban J connectivity index is 2.00. The molecule has 0 aliphatic carbocycles. The largest absolute Gasteiger partial charge is 0.481 e. The molecule has 1 saturated heterocycles. The van der Waals surface area contributed by atoms with Gasteiger partial charge in [0.25, 0.3) is 0 Å². The molecule has 1 N–H and O–H groups in total. The van der Waals surface area contributed by atoms with E-state index in [2.05, 4.69) is 9.88 Å². The van der Waals surface area contributed by atoms with Gasteiger partial charge in [0, 0.05) is 25.8 Å². The molecule has 1 fully saturated rings. The van der Waals surface area contributed by atoms with Crippen molar-refractivity contribution in [1.29, 1.82) is 0 Å². The number of aromatic nitrogens is 2. The number of carboxylic acids is 1. The van der Waals surface area contributed by atoms with Gasteiger partial charge in [-0.1, -0.05) is 6.07 Å². The third kappa shape index (κ3) is 2.91. The molecule has 3 rings (SSSR count). The van der Waals surface area contributed by atoms with E-state index in [0.717, 1.165) is 43.2 Å². The Kier molecular flexibility index (Phi) is 3.90. The molecular weight excluding hydrogens is 270 g/mol. The SMILES string of the molecule is Cc1cccn2c(CN3CCOCC3)c(CC(=O)O)nc12. The molecule has 3 heterocycles. The zero-order valence-electron chi connectivity index (χ0n) is 12.1. The van der Waals surface area contributed by atoms with Crippen LogP contribution in [-0.2, 0) is 22.5 Å². The summed E-state index contributed by atoms with van der Waals surface area (Å²) in [6.07, 6.45) is 1.91. The summed E-state index contributed by atoms with van der Waals surface area (Å²) < 4.78 is 7.38. The van der Waals surface area contributed by atoms with Gasteiger partial charge >= 0.3 is 5.97 Å². The fourth-order valence-electron chi connectivity index (χ4n) is 2.72. The van der Waals surface area contributed by atoms with Crippen LogP contribution in [0.3, 0.4) is 0 Å². The second-order valence-corrected chi connectivity index (χ2v) is 5.35. The zero-order chi connectivity index (χ0) is 14.8. The van der Waals surface area contributed by atoms with Crippen molar-refractivity contribution in [2.24, 2.45) is 0 Å². The van der Waals surface area contributed by atoms with Crippen molar-refractivity contribution < 1.29 is 14.6 Å². The standard InChI is InChI=1S/C15H19N3O3/c1-11-3-2-4-18-13(10-17-5-7-21-8-6-17)12(9-14(19)20)16-15(11)18/h2-4H,5-10H2,1H3,(H,19,20). The molecule has 0 saturated carbocycles. The fraction of sp³-hybridized carbons (Fsp3) is 0.467. The van der Waals surface area contributed by atoms with Crippen molar-refractivity contribution in [3.8, 4) is 0 Å². The number of carboxylic acid groups (broad SMARTS) is 1. The summed E-state index contributed by atoms with van der Waals surface area (Å²) in [5, 5.41) is 9.11. The van der Waals surface area contributed by atoms with Crippen molar-refractivity contribution in [2.45, 2.75) is 19.9 Å². The summed E-state index contributed by atoms with van der Waals surface area (Å²) in [6.45, 7) is 5.88. The highest BCUT2D eigenvalue weighted by molar-refractivity contribution is 5.70. The summed E-state index contributed by atoms with van der Waals surface area (Å²) in [7, 11) is 0. The number of hydrogen-bond donors (Lipinski definition) is 1. The minimum atomic E-state index is -0.848. The van der Waals surface area contributed by atoms with Gasteiger partial charge in [-0.05, 0) is 18.6 Å². The van der Waals surface area contributed by atoms with Gasteiger partial charge in [0.15, 0.2) is 0 Å². The number of aliphatic carboxylic acids is 1. The van der Waals surface area contributed by atoms with Crippen LogP contribution in [0.2, 0.25) is 0 Å². The Morgan fingerprint density at radius 1 is 1.43 bits per heavy atom. The van der Waals surface area contributed by atoms with E-state index in [1.807, 2.05) is 29.7 Å². The third-order valence-electron chi connectivity index (χ3n) is 3.82. The quantitative estimate of drug-likeness (QED) is 0.913. The van der Waals surface area contributed by atoms with Crippen LogP contribution in [0, 0.1) is 6.92 Å². The van der Waals surface area contributed by atoms with Crippen molar-refractivity contribution in [3.05, 3.63) is 35.3 Å². The van der Waals surface area contributed by atoms with E-state index >= 15 is 0 Å². The van der Waals surface area contributed by atoms with Gasteiger partial charge in [-0.15, -0.1) is 0 Å². The van der Waals surface area contributed by atoms with E-state index in [1.165, 1.54) is 0 Å². The highest BCUT2D eigenvalue weighted by Crippen LogP contribution is 2.19. The molecule has 0 atom stereocenters. The molecule has 2 aromatic rings. The van der Waals surface area contributed by atoms with Crippen LogP contribution in [0.5, 0.6) is 0 Å². The Hall–Kier alpha value is -1.92. The van der Waals surface area contributed by atoms with Crippen LogP contribution < -0.4 is 0 Å². The fourth-order valence-corrected chi connectivity index (χ4v) is 2.72. The predicted molar refractivity (Wildman–Crippen MR) is 77.4 cm³/mol. The van der Waals surface area contributed by atoms with Gasteiger partial charge in [0.2, 0.25) is 0 Å². The molecule has 2 aromatic heterocycles. The van der Waals surface area contributed by atoms with Crippen LogP contribution in [0.4, 0.5) is 0 Å². The lowest BCUT2D eigenvalue weighted by molar-refractivity contribution is -0.136. The van der Waals surface area contributed by atoms with E-state index in [0.29, 0.717) is 12.2 Å². The molecular formula is C15H19N3O3. The van der Waals surface area contributed by atoms with Crippen LogP contribution in [0.1, 0.15) is 17.0 Å². The van der Waals surface area contributed by atoms with Gasteiger partial charge in [0.05, 0.1) is 31.0 Å². The molecule has 21 heavy (non-hydrogen) atoms. The smallest absolute Gasteiger partial charge is 0.309 e. The lowest BCUT2D eigenvalue weighted by atomic mass is 10.2. The van der Waals surface area contributed by atoms with Gasteiger partial charge in [-0.2, -0.15) is 0 Å². The highest BCUT2D eigenvalue weighted by atomic mass is 16.5. The molecule has 112 valence electrons. The number of hydrogen-bond acceptors (Lipinski definition) is 4. The summed E-state index contributed by atoms with van der Waals surface area (Å²) in [5.74, 6) is -0.848. The predicted octanol–water partition coefficient (Wildman–Crippen LogP) is 1.10. The van der Waals surface area contributed by atoms with Gasteiger partial charge in [-0.25, -0.2) is 4.98 Å². The second kappa shape index (κ2) is 5.83. The molecule has 6 heteroatoms. The van der Waals surface area contributed by atoms with Crippen molar-refractivity contribution in [3.63, 3.8) is 0 Å². The van der Waals surface area contributed by atoms with Crippen molar-refractivity contribution in [2.75, 3.05) is 26.3 Å². The first-order valence-corrected chi connectivity index (χ1v) is 7.12. The maximum absolute atomic E-state index is 11.1. The number of carbonyl (C=O) groups is 1. The Morgan fingerprint density at radius 3 is 2.90 bits per heavy atom. The molecule has 0 unspecified atom stereocenters. The summed E-state index contributed by atoms with van der Waals surface area (Å²) in [4.78, 5) is 17.9. The minimum Gasteiger partial charge on any atom is -0.481 e. The normalized spacial score (nSPS) is 16.4. The lowest BCUT2D eigenvalue weighted by Gasteiger charge is -2.26. The molecule has 1 aliphatic rings. The molecule has 0 amide bonds. The number of morpholine rings is 1. The average molecular weight is 289 g/mol. The van der Waals surface area contributed by atoms with Crippen LogP contribution >= 0.6 is 0 Å².